The standard InChI is InChI=1S/C26H29N3O2/c1-3-13-29-22-14-18(26(30)31)9-10-20(22)23(17-7-5-4-6-8-17)25(29)19-11-12-21-24(16(19)2)28-15-27-21/h9-12,14-15,17H,3-8,13H2,1-2H3,(H,27,28)(H,30,31). The van der Waals surface area contributed by atoms with Crippen molar-refractivity contribution < 1.29 is 9.90 Å². The van der Waals surface area contributed by atoms with Crippen molar-refractivity contribution in [3.8, 4) is 11.3 Å². The minimum Gasteiger partial charge on any atom is -0.478 e. The molecule has 0 amide bonds. The van der Waals surface area contributed by atoms with Gasteiger partial charge in [-0.3, -0.25) is 0 Å². The fraction of sp³-hybridized carbons (Fsp3) is 0.385. The van der Waals surface area contributed by atoms with Crippen molar-refractivity contribution in [1.29, 1.82) is 0 Å². The molecule has 5 rings (SSSR count). The molecule has 4 aromatic rings. The minimum absolute atomic E-state index is 0.351. The zero-order valence-electron chi connectivity index (χ0n) is 18.2. The monoisotopic (exact) mass is 415 g/mol. The van der Waals surface area contributed by atoms with Crippen LogP contribution in [0.2, 0.25) is 0 Å². The molecule has 0 radical (unpaired) electrons. The number of hydrogen-bond acceptors (Lipinski definition) is 2. The second-order valence-electron chi connectivity index (χ2n) is 8.82. The Kier molecular flexibility index (Phi) is 5.05. The predicted molar refractivity (Wildman–Crippen MR) is 125 cm³/mol. The third-order valence-corrected chi connectivity index (χ3v) is 6.91. The number of carboxylic acid groups (broad SMARTS) is 1. The molecule has 0 spiro atoms. The second kappa shape index (κ2) is 7.88. The molecule has 2 aromatic carbocycles. The lowest BCUT2D eigenvalue weighted by molar-refractivity contribution is 0.0697. The van der Waals surface area contributed by atoms with E-state index in [0.717, 1.165) is 29.5 Å². The van der Waals surface area contributed by atoms with E-state index in [-0.39, 0.29) is 0 Å². The molecule has 0 unspecified atom stereocenters. The highest BCUT2D eigenvalue weighted by atomic mass is 16.4. The smallest absolute Gasteiger partial charge is 0.335 e. The van der Waals surface area contributed by atoms with Gasteiger partial charge in [-0.1, -0.05) is 38.3 Å². The van der Waals surface area contributed by atoms with E-state index in [2.05, 4.69) is 40.5 Å². The highest BCUT2D eigenvalue weighted by Gasteiger charge is 2.28. The van der Waals surface area contributed by atoms with Gasteiger partial charge in [-0.25, -0.2) is 9.78 Å². The number of nitrogens with zero attached hydrogens (tertiary/aromatic N) is 2. The molecule has 0 bridgehead atoms. The number of nitrogens with one attached hydrogen (secondary N) is 1. The number of H-pyrrole nitrogens is 1. The normalized spacial score (nSPS) is 15.2. The van der Waals surface area contributed by atoms with Crippen LogP contribution in [0.5, 0.6) is 0 Å². The van der Waals surface area contributed by atoms with E-state index < -0.39 is 5.97 Å². The summed E-state index contributed by atoms with van der Waals surface area (Å²) in [6, 6.07) is 10.00. The number of fused-ring (bicyclic) bond motifs is 2. The van der Waals surface area contributed by atoms with Gasteiger partial charge in [-0.2, -0.15) is 0 Å². The number of rotatable bonds is 5. The summed E-state index contributed by atoms with van der Waals surface area (Å²) in [5.41, 5.74) is 8.49. The SMILES string of the molecule is CCCn1c(-c2ccc3[nH]cnc3c2C)c(C2CCCCC2)c2ccc(C(=O)O)cc21. The van der Waals surface area contributed by atoms with Crippen LogP contribution in [0.1, 0.15) is 72.9 Å². The number of hydrogen-bond donors (Lipinski definition) is 2. The van der Waals surface area contributed by atoms with Crippen LogP contribution in [0.25, 0.3) is 33.2 Å². The summed E-state index contributed by atoms with van der Waals surface area (Å²) in [4.78, 5) is 19.5. The Morgan fingerprint density at radius 1 is 1.19 bits per heavy atom. The molecule has 160 valence electrons. The molecule has 5 heteroatoms. The average Bonchev–Trinajstić information content (AvgIpc) is 3.38. The minimum atomic E-state index is -0.874. The zero-order valence-corrected chi connectivity index (χ0v) is 18.2. The third-order valence-electron chi connectivity index (χ3n) is 6.91. The van der Waals surface area contributed by atoms with E-state index in [1.165, 1.54) is 59.9 Å². The van der Waals surface area contributed by atoms with Crippen molar-refractivity contribution in [2.45, 2.75) is 64.8 Å². The maximum atomic E-state index is 11.7. The Balaban J connectivity index is 1.86. The van der Waals surface area contributed by atoms with Crippen LogP contribution in [0.15, 0.2) is 36.7 Å². The quantitative estimate of drug-likeness (QED) is 0.383. The highest BCUT2D eigenvalue weighted by molar-refractivity contribution is 5.99. The van der Waals surface area contributed by atoms with Gasteiger partial charge in [0.15, 0.2) is 0 Å². The Labute approximate surface area is 182 Å². The molecule has 0 saturated heterocycles. The van der Waals surface area contributed by atoms with Crippen molar-refractivity contribution >= 4 is 27.9 Å². The second-order valence-corrected chi connectivity index (χ2v) is 8.82. The summed E-state index contributed by atoms with van der Waals surface area (Å²) in [6.07, 6.45) is 8.96. The molecule has 31 heavy (non-hydrogen) atoms. The van der Waals surface area contributed by atoms with Gasteiger partial charge >= 0.3 is 5.97 Å². The molecule has 2 aromatic heterocycles. The zero-order chi connectivity index (χ0) is 21.5. The fourth-order valence-corrected chi connectivity index (χ4v) is 5.47. The number of aryl methyl sites for hydroxylation is 2. The lowest BCUT2D eigenvalue weighted by atomic mass is 9.81. The Morgan fingerprint density at radius 3 is 2.74 bits per heavy atom. The number of aromatic amines is 1. The van der Waals surface area contributed by atoms with Crippen molar-refractivity contribution in [2.75, 3.05) is 0 Å². The average molecular weight is 416 g/mol. The summed E-state index contributed by atoms with van der Waals surface area (Å²) in [6.45, 7) is 5.19. The van der Waals surface area contributed by atoms with Crippen LogP contribution in [0.3, 0.4) is 0 Å². The number of carbonyl (C=O) groups is 1. The number of aromatic carboxylic acids is 1. The lowest BCUT2D eigenvalue weighted by Crippen LogP contribution is -2.08. The number of imidazole rings is 1. The van der Waals surface area contributed by atoms with Gasteiger partial charge in [0.05, 0.1) is 28.6 Å². The van der Waals surface area contributed by atoms with Gasteiger partial charge in [0, 0.05) is 23.0 Å². The Morgan fingerprint density at radius 2 is 2.00 bits per heavy atom. The summed E-state index contributed by atoms with van der Waals surface area (Å²) >= 11 is 0. The molecule has 0 aliphatic heterocycles. The number of carboxylic acids is 1. The molecular weight excluding hydrogens is 386 g/mol. The topological polar surface area (TPSA) is 70.9 Å². The first-order valence-corrected chi connectivity index (χ1v) is 11.4. The van der Waals surface area contributed by atoms with E-state index in [1.54, 1.807) is 12.4 Å². The van der Waals surface area contributed by atoms with Crippen molar-refractivity contribution in [2.24, 2.45) is 0 Å². The third kappa shape index (κ3) is 3.23. The molecule has 1 aliphatic carbocycles. The van der Waals surface area contributed by atoms with E-state index >= 15 is 0 Å². The van der Waals surface area contributed by atoms with E-state index in [0.29, 0.717) is 11.5 Å². The van der Waals surface area contributed by atoms with Crippen LogP contribution in [-0.2, 0) is 6.54 Å². The van der Waals surface area contributed by atoms with E-state index in [4.69, 9.17) is 0 Å². The Bertz CT molecular complexity index is 1280. The van der Waals surface area contributed by atoms with Crippen molar-refractivity contribution in [3.05, 3.63) is 53.3 Å². The molecule has 1 fully saturated rings. The molecule has 2 heterocycles. The molecule has 5 nitrogen and oxygen atoms in total. The fourth-order valence-electron chi connectivity index (χ4n) is 5.47. The van der Waals surface area contributed by atoms with Gasteiger partial charge < -0.3 is 14.7 Å². The first kappa shape index (κ1) is 19.9. The molecule has 2 N–H and O–H groups in total. The molecule has 0 atom stereocenters. The summed E-state index contributed by atoms with van der Waals surface area (Å²) < 4.78 is 2.37. The molecule has 1 aliphatic rings. The van der Waals surface area contributed by atoms with Gasteiger partial charge in [-0.05, 0) is 61.4 Å². The summed E-state index contributed by atoms with van der Waals surface area (Å²) in [5.74, 6) is -0.365. The van der Waals surface area contributed by atoms with Crippen LogP contribution < -0.4 is 0 Å². The summed E-state index contributed by atoms with van der Waals surface area (Å²) in [5, 5.41) is 10.8. The largest absolute Gasteiger partial charge is 0.478 e. The van der Waals surface area contributed by atoms with E-state index in [1.807, 2.05) is 12.1 Å². The van der Waals surface area contributed by atoms with Crippen LogP contribution in [-0.4, -0.2) is 25.6 Å². The van der Waals surface area contributed by atoms with Crippen LogP contribution >= 0.6 is 0 Å². The van der Waals surface area contributed by atoms with Crippen molar-refractivity contribution in [3.63, 3.8) is 0 Å². The predicted octanol–water partition coefficient (Wildman–Crippen LogP) is 6.65. The van der Waals surface area contributed by atoms with E-state index in [9.17, 15) is 9.90 Å². The van der Waals surface area contributed by atoms with Gasteiger partial charge in [0.2, 0.25) is 0 Å². The first-order valence-electron chi connectivity index (χ1n) is 11.4. The number of benzene rings is 2. The first-order chi connectivity index (χ1) is 15.1. The maximum Gasteiger partial charge on any atom is 0.335 e. The van der Waals surface area contributed by atoms with Gasteiger partial charge in [0.1, 0.15) is 0 Å². The van der Waals surface area contributed by atoms with Crippen molar-refractivity contribution in [1.82, 2.24) is 14.5 Å². The Hall–Kier alpha value is -3.08. The summed E-state index contributed by atoms with van der Waals surface area (Å²) in [7, 11) is 0. The van der Waals surface area contributed by atoms with Crippen LogP contribution in [0, 0.1) is 6.92 Å². The highest BCUT2D eigenvalue weighted by Crippen LogP contribution is 2.45. The molecule has 1 saturated carbocycles. The van der Waals surface area contributed by atoms with Crippen LogP contribution in [0.4, 0.5) is 0 Å². The van der Waals surface area contributed by atoms with Gasteiger partial charge in [0.25, 0.3) is 0 Å². The maximum absolute atomic E-state index is 11.7. The number of aromatic nitrogens is 3. The lowest BCUT2D eigenvalue weighted by Gasteiger charge is -2.24. The molecular formula is C26H29N3O2. The van der Waals surface area contributed by atoms with Gasteiger partial charge in [-0.15, -0.1) is 0 Å².